The van der Waals surface area contributed by atoms with Gasteiger partial charge in [0.25, 0.3) is 0 Å². The van der Waals surface area contributed by atoms with E-state index < -0.39 is 0 Å². The lowest BCUT2D eigenvalue weighted by atomic mass is 10.1. The van der Waals surface area contributed by atoms with Crippen LogP contribution in [0.15, 0.2) is 29.4 Å². The lowest BCUT2D eigenvalue weighted by molar-refractivity contribution is 0.304. The third-order valence-corrected chi connectivity index (χ3v) is 4.10. The molecule has 1 N–H and O–H groups in total. The smallest absolute Gasteiger partial charge is 0.119 e. The van der Waals surface area contributed by atoms with Gasteiger partial charge < -0.3 is 9.94 Å². The molecule has 0 aliphatic heterocycles. The van der Waals surface area contributed by atoms with Crippen LogP contribution in [0.5, 0.6) is 5.75 Å². The van der Waals surface area contributed by atoms with Crippen LogP contribution in [0.4, 0.5) is 0 Å². The number of ether oxygens (including phenoxy) is 1. The number of nitrogens with zero attached hydrogens (tertiary/aromatic N) is 1. The second kappa shape index (κ2) is 14.1. The Balaban J connectivity index is 1.89. The summed E-state index contributed by atoms with van der Waals surface area (Å²) in [5.74, 6) is 0.882. The van der Waals surface area contributed by atoms with Crippen molar-refractivity contribution in [3.63, 3.8) is 0 Å². The van der Waals surface area contributed by atoms with E-state index in [0.717, 1.165) is 24.3 Å². The van der Waals surface area contributed by atoms with Crippen molar-refractivity contribution in [3.8, 4) is 5.75 Å². The number of benzene rings is 1. The van der Waals surface area contributed by atoms with E-state index in [4.69, 9.17) is 9.94 Å². The molecule has 23 heavy (non-hydrogen) atoms. The van der Waals surface area contributed by atoms with Crippen molar-refractivity contribution < 1.29 is 9.94 Å². The molecule has 130 valence electrons. The molecule has 0 atom stereocenters. The highest BCUT2D eigenvalue weighted by molar-refractivity contribution is 5.79. The Kier molecular flexibility index (Phi) is 12.0. The predicted octanol–water partition coefficient (Wildman–Crippen LogP) is 6.18. The van der Waals surface area contributed by atoms with Crippen LogP contribution < -0.4 is 4.74 Å². The number of unbranched alkanes of at least 4 members (excludes halogenated alkanes) is 10. The Bertz CT molecular complexity index is 401. The van der Waals surface area contributed by atoms with Crippen molar-refractivity contribution in [1.82, 2.24) is 0 Å². The molecule has 0 aromatic heterocycles. The highest BCUT2D eigenvalue weighted by Gasteiger charge is 1.96. The quantitative estimate of drug-likeness (QED) is 0.192. The molecule has 1 aromatic rings. The third kappa shape index (κ3) is 10.8. The SMILES string of the molecule is CCCCCCCCCCCCCOc1ccc(C=NO)cc1. The third-order valence-electron chi connectivity index (χ3n) is 4.10. The molecule has 1 aromatic carbocycles. The van der Waals surface area contributed by atoms with Gasteiger partial charge in [-0.3, -0.25) is 0 Å². The minimum Gasteiger partial charge on any atom is -0.494 e. The average molecular weight is 319 g/mol. The topological polar surface area (TPSA) is 41.8 Å². The maximum atomic E-state index is 8.45. The lowest BCUT2D eigenvalue weighted by Gasteiger charge is -2.06. The van der Waals surface area contributed by atoms with Crippen molar-refractivity contribution >= 4 is 6.21 Å². The minimum atomic E-state index is 0.782. The van der Waals surface area contributed by atoms with Crippen molar-refractivity contribution in [2.24, 2.45) is 5.16 Å². The van der Waals surface area contributed by atoms with Crippen LogP contribution in [0.3, 0.4) is 0 Å². The Morgan fingerprint density at radius 3 is 1.87 bits per heavy atom. The molecule has 0 heterocycles. The zero-order valence-electron chi connectivity index (χ0n) is 14.7. The van der Waals surface area contributed by atoms with Crippen LogP contribution in [0.1, 0.15) is 83.1 Å². The molecule has 0 saturated carbocycles. The summed E-state index contributed by atoms with van der Waals surface area (Å²) < 4.78 is 5.71. The first-order valence-corrected chi connectivity index (χ1v) is 9.27. The maximum absolute atomic E-state index is 8.45. The van der Waals surface area contributed by atoms with Gasteiger partial charge in [-0.1, -0.05) is 76.3 Å². The van der Waals surface area contributed by atoms with Crippen LogP contribution in [0.2, 0.25) is 0 Å². The van der Waals surface area contributed by atoms with Crippen LogP contribution in [0, 0.1) is 0 Å². The Morgan fingerprint density at radius 2 is 1.35 bits per heavy atom. The van der Waals surface area contributed by atoms with E-state index in [9.17, 15) is 0 Å². The Labute approximate surface area is 141 Å². The van der Waals surface area contributed by atoms with E-state index in [1.165, 1.54) is 70.4 Å². The molecule has 0 spiro atoms. The van der Waals surface area contributed by atoms with Crippen molar-refractivity contribution in [1.29, 1.82) is 0 Å². The zero-order chi connectivity index (χ0) is 16.6. The van der Waals surface area contributed by atoms with Gasteiger partial charge in [-0.2, -0.15) is 0 Å². The lowest BCUT2D eigenvalue weighted by Crippen LogP contribution is -1.97. The molecule has 0 aliphatic rings. The van der Waals surface area contributed by atoms with Crippen molar-refractivity contribution in [2.45, 2.75) is 77.6 Å². The van der Waals surface area contributed by atoms with Gasteiger partial charge >= 0.3 is 0 Å². The molecular formula is C20H33NO2. The van der Waals surface area contributed by atoms with E-state index in [1.54, 1.807) is 0 Å². The molecule has 3 nitrogen and oxygen atoms in total. The van der Waals surface area contributed by atoms with Gasteiger partial charge in [0.05, 0.1) is 12.8 Å². The van der Waals surface area contributed by atoms with E-state index in [1.807, 2.05) is 24.3 Å². The molecule has 0 fully saturated rings. The summed E-state index contributed by atoms with van der Waals surface area (Å²) in [6, 6.07) is 7.59. The van der Waals surface area contributed by atoms with Gasteiger partial charge in [-0.05, 0) is 36.2 Å². The largest absolute Gasteiger partial charge is 0.494 e. The average Bonchev–Trinajstić information content (AvgIpc) is 2.57. The minimum absolute atomic E-state index is 0.782. The highest BCUT2D eigenvalue weighted by atomic mass is 16.5. The first-order chi connectivity index (χ1) is 11.4. The van der Waals surface area contributed by atoms with Gasteiger partial charge in [0, 0.05) is 0 Å². The van der Waals surface area contributed by atoms with Gasteiger partial charge in [0.15, 0.2) is 0 Å². The highest BCUT2D eigenvalue weighted by Crippen LogP contribution is 2.13. The Morgan fingerprint density at radius 1 is 0.826 bits per heavy atom. The first kappa shape index (κ1) is 19.5. The fourth-order valence-electron chi connectivity index (χ4n) is 2.67. The second-order valence-corrected chi connectivity index (χ2v) is 6.20. The second-order valence-electron chi connectivity index (χ2n) is 6.20. The molecule has 1 rings (SSSR count). The van der Waals surface area contributed by atoms with Crippen LogP contribution >= 0.6 is 0 Å². The molecule has 0 saturated heterocycles. The van der Waals surface area contributed by atoms with Gasteiger partial charge in [0.1, 0.15) is 5.75 Å². The summed E-state index contributed by atoms with van der Waals surface area (Å²) in [5, 5.41) is 11.5. The van der Waals surface area contributed by atoms with Gasteiger partial charge in [-0.15, -0.1) is 0 Å². The molecule has 0 radical (unpaired) electrons. The summed E-state index contributed by atoms with van der Waals surface area (Å²) in [6.45, 7) is 3.05. The van der Waals surface area contributed by atoms with E-state index in [2.05, 4.69) is 12.1 Å². The Hall–Kier alpha value is -1.51. The fraction of sp³-hybridized carbons (Fsp3) is 0.650. The standard InChI is InChI=1S/C20H33NO2/c1-2-3-4-5-6-7-8-9-10-11-12-17-23-20-15-13-19(14-16-20)18-21-22/h13-16,18,22H,2-12,17H2,1H3. The van der Waals surface area contributed by atoms with E-state index >= 15 is 0 Å². The predicted molar refractivity (Wildman–Crippen MR) is 97.8 cm³/mol. The fourth-order valence-corrected chi connectivity index (χ4v) is 2.67. The van der Waals surface area contributed by atoms with E-state index in [0.29, 0.717) is 0 Å². The molecule has 0 amide bonds. The summed E-state index contributed by atoms with van der Waals surface area (Å²) in [5.41, 5.74) is 0.870. The maximum Gasteiger partial charge on any atom is 0.119 e. The number of oxime groups is 1. The van der Waals surface area contributed by atoms with Gasteiger partial charge in [-0.25, -0.2) is 0 Å². The van der Waals surface area contributed by atoms with Crippen molar-refractivity contribution in [2.75, 3.05) is 6.61 Å². The molecule has 0 aliphatic carbocycles. The summed E-state index contributed by atoms with van der Waals surface area (Å²) >= 11 is 0. The van der Waals surface area contributed by atoms with Gasteiger partial charge in [0.2, 0.25) is 0 Å². The molecule has 0 bridgehead atoms. The molecule has 3 heteroatoms. The summed E-state index contributed by atoms with van der Waals surface area (Å²) in [4.78, 5) is 0. The zero-order valence-corrected chi connectivity index (χ0v) is 14.7. The summed E-state index contributed by atoms with van der Waals surface area (Å²) in [7, 11) is 0. The number of hydrogen-bond acceptors (Lipinski definition) is 3. The normalized spacial score (nSPS) is 11.2. The van der Waals surface area contributed by atoms with Crippen LogP contribution in [0.25, 0.3) is 0 Å². The first-order valence-electron chi connectivity index (χ1n) is 9.27. The number of hydrogen-bond donors (Lipinski definition) is 1. The molecular weight excluding hydrogens is 286 g/mol. The molecule has 0 unspecified atom stereocenters. The number of rotatable bonds is 14. The summed E-state index contributed by atoms with van der Waals surface area (Å²) in [6.07, 6.45) is 16.3. The van der Waals surface area contributed by atoms with Crippen LogP contribution in [-0.2, 0) is 0 Å². The van der Waals surface area contributed by atoms with Crippen molar-refractivity contribution in [3.05, 3.63) is 29.8 Å². The van der Waals surface area contributed by atoms with E-state index in [-0.39, 0.29) is 0 Å². The van der Waals surface area contributed by atoms with Crippen LogP contribution in [-0.4, -0.2) is 18.0 Å². The monoisotopic (exact) mass is 319 g/mol.